The third kappa shape index (κ3) is 3.52. The molecule has 2 aromatic rings. The number of amides is 2. The van der Waals surface area contributed by atoms with Gasteiger partial charge < -0.3 is 19.7 Å². The zero-order chi connectivity index (χ0) is 19.8. The van der Waals surface area contributed by atoms with Crippen LogP contribution in [-0.4, -0.2) is 41.2 Å². The summed E-state index contributed by atoms with van der Waals surface area (Å²) in [6.45, 7) is 4.09. The Bertz CT molecular complexity index is 965. The Morgan fingerprint density at radius 3 is 2.79 bits per heavy atom. The van der Waals surface area contributed by atoms with Gasteiger partial charge in [-0.2, -0.15) is 0 Å². The smallest absolute Gasteiger partial charge is 0.255 e. The van der Waals surface area contributed by atoms with Gasteiger partial charge in [0.15, 0.2) is 11.5 Å². The first-order valence-corrected chi connectivity index (χ1v) is 10.3. The van der Waals surface area contributed by atoms with Gasteiger partial charge in [-0.05, 0) is 49.2 Å². The van der Waals surface area contributed by atoms with Crippen molar-refractivity contribution < 1.29 is 19.1 Å². The van der Waals surface area contributed by atoms with E-state index in [0.717, 1.165) is 16.8 Å². The first-order chi connectivity index (χ1) is 13.4. The first-order valence-electron chi connectivity index (χ1n) is 8.80. The van der Waals surface area contributed by atoms with Crippen LogP contribution in [0.15, 0.2) is 30.3 Å². The molecular weight excluding hydrogens is 400 g/mol. The average Bonchev–Trinajstić information content (AvgIpc) is 3.33. The second-order valence-corrected chi connectivity index (χ2v) is 8.18. The Morgan fingerprint density at radius 1 is 1.18 bits per heavy atom. The molecule has 2 aliphatic heterocycles. The highest BCUT2D eigenvalue weighted by Crippen LogP contribution is 2.40. The second-order valence-electron chi connectivity index (χ2n) is 6.77. The summed E-state index contributed by atoms with van der Waals surface area (Å²) in [5.41, 5.74) is 3.36. The number of benzene rings is 2. The highest BCUT2D eigenvalue weighted by Gasteiger charge is 2.36. The van der Waals surface area contributed by atoms with E-state index in [4.69, 9.17) is 21.1 Å². The molecule has 1 saturated heterocycles. The van der Waals surface area contributed by atoms with E-state index in [0.29, 0.717) is 33.7 Å². The maximum absolute atomic E-state index is 13.0. The fourth-order valence-electron chi connectivity index (χ4n) is 3.16. The predicted molar refractivity (Wildman–Crippen MR) is 109 cm³/mol. The van der Waals surface area contributed by atoms with E-state index >= 15 is 0 Å². The molecule has 1 N–H and O–H groups in total. The molecule has 1 fully saturated rings. The molecule has 0 aliphatic carbocycles. The van der Waals surface area contributed by atoms with Crippen LogP contribution in [-0.2, 0) is 4.79 Å². The van der Waals surface area contributed by atoms with Crippen LogP contribution in [0.1, 0.15) is 21.5 Å². The van der Waals surface area contributed by atoms with Gasteiger partial charge in [-0.25, -0.2) is 0 Å². The minimum atomic E-state index is -0.552. The number of carbonyl (C=O) groups excluding carboxylic acids is 2. The van der Waals surface area contributed by atoms with Gasteiger partial charge in [-0.15, -0.1) is 11.8 Å². The number of thioether (sulfide) groups is 1. The number of halogens is 1. The summed E-state index contributed by atoms with van der Waals surface area (Å²) in [7, 11) is 0. The largest absolute Gasteiger partial charge is 0.454 e. The molecule has 0 spiro atoms. The Morgan fingerprint density at radius 2 is 2.00 bits per heavy atom. The Hall–Kier alpha value is -2.38. The molecule has 2 aromatic carbocycles. The van der Waals surface area contributed by atoms with Crippen molar-refractivity contribution in [3.63, 3.8) is 0 Å². The SMILES string of the molecule is Cc1ccc(NC(=O)C2CSCN2C(=O)c2cc(Cl)c3c(c2)OCO3)cc1C. The van der Waals surface area contributed by atoms with Gasteiger partial charge in [0, 0.05) is 17.0 Å². The number of anilines is 1. The fourth-order valence-corrected chi connectivity index (χ4v) is 4.58. The summed E-state index contributed by atoms with van der Waals surface area (Å²) >= 11 is 7.74. The molecule has 2 amide bonds. The van der Waals surface area contributed by atoms with Crippen molar-refractivity contribution in [2.45, 2.75) is 19.9 Å². The van der Waals surface area contributed by atoms with Crippen molar-refractivity contribution in [3.05, 3.63) is 52.0 Å². The number of aryl methyl sites for hydroxylation is 2. The standard InChI is InChI=1S/C20H19ClN2O4S/c1-11-3-4-14(5-12(11)2)22-19(24)16-8-28-9-23(16)20(25)13-6-15(21)18-17(7-13)26-10-27-18/h3-7,16H,8-10H2,1-2H3,(H,22,24). The van der Waals surface area contributed by atoms with Gasteiger partial charge in [-0.1, -0.05) is 17.7 Å². The molecular formula is C20H19ClN2O4S. The van der Waals surface area contributed by atoms with Crippen LogP contribution in [0, 0.1) is 13.8 Å². The maximum Gasteiger partial charge on any atom is 0.255 e. The maximum atomic E-state index is 13.0. The lowest BCUT2D eigenvalue weighted by Gasteiger charge is -2.23. The Kier molecular flexibility index (Phi) is 5.12. The van der Waals surface area contributed by atoms with Gasteiger partial charge in [0.2, 0.25) is 12.7 Å². The highest BCUT2D eigenvalue weighted by molar-refractivity contribution is 7.99. The second kappa shape index (κ2) is 7.56. The number of ether oxygens (including phenoxy) is 2. The minimum absolute atomic E-state index is 0.0766. The van der Waals surface area contributed by atoms with Crippen molar-refractivity contribution in [2.24, 2.45) is 0 Å². The zero-order valence-electron chi connectivity index (χ0n) is 15.5. The number of hydrogen-bond acceptors (Lipinski definition) is 5. The van der Waals surface area contributed by atoms with E-state index in [-0.39, 0.29) is 18.6 Å². The van der Waals surface area contributed by atoms with Crippen molar-refractivity contribution in [1.82, 2.24) is 4.90 Å². The molecule has 4 rings (SSSR count). The highest BCUT2D eigenvalue weighted by atomic mass is 35.5. The van der Waals surface area contributed by atoms with Crippen LogP contribution >= 0.6 is 23.4 Å². The minimum Gasteiger partial charge on any atom is -0.454 e. The third-order valence-corrected chi connectivity index (χ3v) is 6.19. The van der Waals surface area contributed by atoms with Crippen molar-refractivity contribution in [2.75, 3.05) is 23.7 Å². The number of rotatable bonds is 3. The lowest BCUT2D eigenvalue weighted by atomic mass is 10.1. The molecule has 6 nitrogen and oxygen atoms in total. The van der Waals surface area contributed by atoms with Crippen LogP contribution in [0.2, 0.25) is 5.02 Å². The van der Waals surface area contributed by atoms with E-state index < -0.39 is 6.04 Å². The molecule has 2 heterocycles. The summed E-state index contributed by atoms with van der Waals surface area (Å²) in [5.74, 6) is 1.41. The predicted octanol–water partition coefficient (Wildman–Crippen LogP) is 3.84. The van der Waals surface area contributed by atoms with Crippen LogP contribution in [0.3, 0.4) is 0 Å². The first kappa shape index (κ1) is 19.0. The van der Waals surface area contributed by atoms with Gasteiger partial charge in [0.1, 0.15) is 6.04 Å². The van der Waals surface area contributed by atoms with E-state index in [9.17, 15) is 9.59 Å². The van der Waals surface area contributed by atoms with Gasteiger partial charge >= 0.3 is 0 Å². The van der Waals surface area contributed by atoms with E-state index in [1.807, 2.05) is 32.0 Å². The molecule has 2 aliphatic rings. The molecule has 0 aromatic heterocycles. The van der Waals surface area contributed by atoms with Gasteiger partial charge in [0.05, 0.1) is 10.9 Å². The number of nitrogens with one attached hydrogen (secondary N) is 1. The lowest BCUT2D eigenvalue weighted by Crippen LogP contribution is -2.44. The van der Waals surface area contributed by atoms with E-state index in [1.165, 1.54) is 0 Å². The van der Waals surface area contributed by atoms with Gasteiger partial charge in [-0.3, -0.25) is 9.59 Å². The molecule has 0 saturated carbocycles. The third-order valence-electron chi connectivity index (χ3n) is 4.89. The van der Waals surface area contributed by atoms with E-state index in [2.05, 4.69) is 5.32 Å². The monoisotopic (exact) mass is 418 g/mol. The summed E-state index contributed by atoms with van der Waals surface area (Å²) in [5, 5.41) is 3.25. The number of fused-ring (bicyclic) bond motifs is 1. The van der Waals surface area contributed by atoms with Crippen LogP contribution in [0.5, 0.6) is 11.5 Å². The van der Waals surface area contributed by atoms with Crippen LogP contribution < -0.4 is 14.8 Å². The quantitative estimate of drug-likeness (QED) is 0.820. The molecule has 146 valence electrons. The summed E-state index contributed by atoms with van der Waals surface area (Å²) in [4.78, 5) is 27.4. The lowest BCUT2D eigenvalue weighted by molar-refractivity contribution is -0.119. The summed E-state index contributed by atoms with van der Waals surface area (Å²) in [6.07, 6.45) is 0. The molecule has 1 unspecified atom stereocenters. The topological polar surface area (TPSA) is 67.9 Å². The molecule has 28 heavy (non-hydrogen) atoms. The van der Waals surface area contributed by atoms with E-state index in [1.54, 1.807) is 28.8 Å². The van der Waals surface area contributed by atoms with Crippen molar-refractivity contribution in [3.8, 4) is 11.5 Å². The molecule has 1 atom stereocenters. The molecule has 0 radical (unpaired) electrons. The van der Waals surface area contributed by atoms with Crippen molar-refractivity contribution in [1.29, 1.82) is 0 Å². The van der Waals surface area contributed by atoms with Crippen LogP contribution in [0.25, 0.3) is 0 Å². The normalized spacial score (nSPS) is 17.7. The van der Waals surface area contributed by atoms with Crippen molar-refractivity contribution >= 4 is 40.9 Å². The van der Waals surface area contributed by atoms with Gasteiger partial charge in [0.25, 0.3) is 5.91 Å². The fraction of sp³-hybridized carbons (Fsp3) is 0.300. The summed E-state index contributed by atoms with van der Waals surface area (Å²) < 4.78 is 10.6. The Balaban J connectivity index is 1.53. The number of nitrogens with zero attached hydrogens (tertiary/aromatic N) is 1. The molecule has 8 heteroatoms. The number of carbonyl (C=O) groups is 2. The Labute approximate surface area is 172 Å². The zero-order valence-corrected chi connectivity index (χ0v) is 17.0. The van der Waals surface area contributed by atoms with Crippen LogP contribution in [0.4, 0.5) is 5.69 Å². The molecule has 0 bridgehead atoms. The summed E-state index contributed by atoms with van der Waals surface area (Å²) in [6, 6.07) is 8.37. The number of hydrogen-bond donors (Lipinski definition) is 1. The average molecular weight is 419 g/mol.